The summed E-state index contributed by atoms with van der Waals surface area (Å²) in [4.78, 5) is 0. The molecule has 1 aliphatic carbocycles. The highest BCUT2D eigenvalue weighted by molar-refractivity contribution is 4.94. The third-order valence-electron chi connectivity index (χ3n) is 3.72. The van der Waals surface area contributed by atoms with Gasteiger partial charge in [-0.2, -0.15) is 0 Å². The predicted octanol–water partition coefficient (Wildman–Crippen LogP) is 3.03. The molecule has 0 radical (unpaired) electrons. The van der Waals surface area contributed by atoms with Crippen molar-refractivity contribution in [2.24, 2.45) is 0 Å². The van der Waals surface area contributed by atoms with E-state index in [4.69, 9.17) is 4.74 Å². The molecule has 2 aliphatic rings. The van der Waals surface area contributed by atoms with Crippen LogP contribution in [0.4, 0.5) is 0 Å². The van der Waals surface area contributed by atoms with E-state index in [1.807, 2.05) is 0 Å². The van der Waals surface area contributed by atoms with Gasteiger partial charge in [0.1, 0.15) is 0 Å². The van der Waals surface area contributed by atoms with Gasteiger partial charge in [0.2, 0.25) is 0 Å². The van der Waals surface area contributed by atoms with Crippen molar-refractivity contribution in [1.29, 1.82) is 0 Å². The molecule has 1 heterocycles. The fraction of sp³-hybridized carbons (Fsp3) is 0.857. The van der Waals surface area contributed by atoms with E-state index in [0.717, 1.165) is 12.6 Å². The van der Waals surface area contributed by atoms with Gasteiger partial charge in [0.25, 0.3) is 0 Å². The van der Waals surface area contributed by atoms with E-state index in [1.165, 1.54) is 44.9 Å². The van der Waals surface area contributed by atoms with E-state index >= 15 is 0 Å². The maximum absolute atomic E-state index is 5.78. The van der Waals surface area contributed by atoms with Crippen LogP contribution in [0, 0.1) is 0 Å². The monoisotopic (exact) mass is 223 g/mol. The van der Waals surface area contributed by atoms with Crippen LogP contribution in [0.5, 0.6) is 0 Å². The summed E-state index contributed by atoms with van der Waals surface area (Å²) in [5.41, 5.74) is 0. The molecule has 2 heteroatoms. The van der Waals surface area contributed by atoms with Gasteiger partial charge in [-0.25, -0.2) is 0 Å². The van der Waals surface area contributed by atoms with Crippen LogP contribution >= 0.6 is 0 Å². The molecule has 3 unspecified atom stereocenters. The van der Waals surface area contributed by atoms with Crippen molar-refractivity contribution in [2.45, 2.75) is 70.1 Å². The predicted molar refractivity (Wildman–Crippen MR) is 67.6 cm³/mol. The molecule has 0 amide bonds. The fourth-order valence-corrected chi connectivity index (χ4v) is 2.83. The minimum Gasteiger partial charge on any atom is -0.378 e. The van der Waals surface area contributed by atoms with Gasteiger partial charge in [0.15, 0.2) is 0 Å². The molecule has 2 nitrogen and oxygen atoms in total. The summed E-state index contributed by atoms with van der Waals surface area (Å²) >= 11 is 0. The number of allylic oxidation sites excluding steroid dienone is 1. The molecule has 0 aromatic rings. The summed E-state index contributed by atoms with van der Waals surface area (Å²) in [6, 6.07) is 1.41. The van der Waals surface area contributed by atoms with Crippen molar-refractivity contribution < 1.29 is 4.74 Å². The van der Waals surface area contributed by atoms with Gasteiger partial charge in [-0.3, -0.25) is 0 Å². The highest BCUT2D eigenvalue weighted by Crippen LogP contribution is 2.20. The van der Waals surface area contributed by atoms with Crippen molar-refractivity contribution in [3.05, 3.63) is 12.2 Å². The van der Waals surface area contributed by atoms with E-state index in [2.05, 4.69) is 24.4 Å². The van der Waals surface area contributed by atoms with Gasteiger partial charge in [-0.05, 0) is 38.5 Å². The van der Waals surface area contributed by atoms with Crippen LogP contribution in [0.2, 0.25) is 0 Å². The zero-order chi connectivity index (χ0) is 11.2. The second-order valence-corrected chi connectivity index (χ2v) is 5.15. The summed E-state index contributed by atoms with van der Waals surface area (Å²) in [6.07, 6.45) is 13.8. The van der Waals surface area contributed by atoms with Crippen LogP contribution < -0.4 is 5.32 Å². The highest BCUT2D eigenvalue weighted by atomic mass is 16.5. The van der Waals surface area contributed by atoms with E-state index < -0.39 is 0 Å². The topological polar surface area (TPSA) is 21.3 Å². The Balaban J connectivity index is 1.74. The zero-order valence-corrected chi connectivity index (χ0v) is 10.5. The minimum absolute atomic E-state index is 0.510. The number of hydrogen-bond donors (Lipinski definition) is 1. The van der Waals surface area contributed by atoms with Gasteiger partial charge in [0, 0.05) is 18.7 Å². The van der Waals surface area contributed by atoms with E-state index in [1.54, 1.807) is 0 Å². The highest BCUT2D eigenvalue weighted by Gasteiger charge is 2.23. The van der Waals surface area contributed by atoms with Crippen LogP contribution in [0.15, 0.2) is 12.2 Å². The van der Waals surface area contributed by atoms with Crippen molar-refractivity contribution >= 4 is 0 Å². The lowest BCUT2D eigenvalue weighted by Crippen LogP contribution is -2.44. The molecule has 0 spiro atoms. The molecule has 3 atom stereocenters. The molecule has 1 aliphatic heterocycles. The quantitative estimate of drug-likeness (QED) is 0.740. The molecule has 0 aromatic carbocycles. The number of hydrogen-bond acceptors (Lipinski definition) is 2. The Morgan fingerprint density at radius 2 is 2.19 bits per heavy atom. The Hall–Kier alpha value is -0.340. The Kier molecular flexibility index (Phi) is 4.86. The fourth-order valence-electron chi connectivity index (χ4n) is 2.83. The second-order valence-electron chi connectivity index (χ2n) is 5.15. The average Bonchev–Trinajstić information content (AvgIpc) is 2.31. The van der Waals surface area contributed by atoms with Crippen molar-refractivity contribution in [3.8, 4) is 0 Å². The lowest BCUT2D eigenvalue weighted by Gasteiger charge is -2.33. The molecular weight excluding hydrogens is 198 g/mol. The molecule has 0 saturated carbocycles. The largest absolute Gasteiger partial charge is 0.378 e. The molecule has 16 heavy (non-hydrogen) atoms. The first kappa shape index (κ1) is 12.1. The Bertz CT molecular complexity index is 225. The molecule has 92 valence electrons. The first-order valence-corrected chi connectivity index (χ1v) is 6.91. The Morgan fingerprint density at radius 1 is 1.25 bits per heavy atom. The normalized spacial score (nSPS) is 35.2. The minimum atomic E-state index is 0.510. The van der Waals surface area contributed by atoms with Crippen LogP contribution in [-0.2, 0) is 4.74 Å². The first-order chi connectivity index (χ1) is 7.88. The number of rotatable bonds is 4. The summed E-state index contributed by atoms with van der Waals surface area (Å²) in [5.74, 6) is 0. The van der Waals surface area contributed by atoms with Gasteiger partial charge in [0.05, 0.1) is 6.10 Å². The van der Waals surface area contributed by atoms with Crippen LogP contribution in [0.3, 0.4) is 0 Å². The third kappa shape index (κ3) is 3.60. The van der Waals surface area contributed by atoms with E-state index in [9.17, 15) is 0 Å². The summed E-state index contributed by atoms with van der Waals surface area (Å²) in [6.45, 7) is 3.19. The first-order valence-electron chi connectivity index (χ1n) is 6.91. The van der Waals surface area contributed by atoms with Crippen LogP contribution in [0.1, 0.15) is 51.9 Å². The molecular formula is C14H25NO. The molecule has 1 N–H and O–H groups in total. The summed E-state index contributed by atoms with van der Waals surface area (Å²) < 4.78 is 5.78. The maximum Gasteiger partial charge on any atom is 0.0589 e. The lowest BCUT2D eigenvalue weighted by atomic mass is 9.96. The maximum atomic E-state index is 5.78. The summed E-state index contributed by atoms with van der Waals surface area (Å²) in [5, 5.41) is 3.81. The Morgan fingerprint density at radius 3 is 2.94 bits per heavy atom. The molecule has 0 aromatic heterocycles. The molecule has 2 rings (SSSR count). The van der Waals surface area contributed by atoms with E-state index in [-0.39, 0.29) is 0 Å². The van der Waals surface area contributed by atoms with E-state index in [0.29, 0.717) is 12.1 Å². The number of ether oxygens (including phenoxy) is 1. The lowest BCUT2D eigenvalue weighted by molar-refractivity contribution is -0.00516. The van der Waals surface area contributed by atoms with Crippen molar-refractivity contribution in [2.75, 3.05) is 6.61 Å². The van der Waals surface area contributed by atoms with Crippen LogP contribution in [-0.4, -0.2) is 24.8 Å². The molecule has 1 saturated heterocycles. The zero-order valence-electron chi connectivity index (χ0n) is 10.5. The third-order valence-corrected chi connectivity index (χ3v) is 3.72. The van der Waals surface area contributed by atoms with Gasteiger partial charge in [-0.15, -0.1) is 0 Å². The average molecular weight is 223 g/mol. The van der Waals surface area contributed by atoms with Gasteiger partial charge < -0.3 is 10.1 Å². The van der Waals surface area contributed by atoms with Crippen molar-refractivity contribution in [1.82, 2.24) is 5.32 Å². The van der Waals surface area contributed by atoms with Gasteiger partial charge >= 0.3 is 0 Å². The van der Waals surface area contributed by atoms with Crippen LogP contribution in [0.25, 0.3) is 0 Å². The number of nitrogens with one attached hydrogen (secondary N) is 1. The summed E-state index contributed by atoms with van der Waals surface area (Å²) in [7, 11) is 0. The smallest absolute Gasteiger partial charge is 0.0589 e. The second kappa shape index (κ2) is 6.41. The SMILES string of the molecule is CCCC1CC(NC2CC=CCC2)CCO1. The standard InChI is InChI=1S/C14H25NO/c1-2-6-14-11-13(9-10-16-14)15-12-7-4-3-5-8-12/h3-4,12-15H,2,5-11H2,1H3. The molecule has 0 bridgehead atoms. The molecule has 1 fully saturated rings. The Labute approximate surface area is 99.4 Å². The van der Waals surface area contributed by atoms with Gasteiger partial charge in [-0.1, -0.05) is 25.5 Å². The van der Waals surface area contributed by atoms with Crippen molar-refractivity contribution in [3.63, 3.8) is 0 Å².